The molecule has 49 heavy (non-hydrogen) atoms. The number of nitrogens with one attached hydrogen (secondary N) is 4. The van der Waals surface area contributed by atoms with E-state index >= 15 is 0 Å². The van der Waals surface area contributed by atoms with Crippen molar-refractivity contribution in [3.05, 3.63) is 139 Å². The van der Waals surface area contributed by atoms with Gasteiger partial charge in [-0.15, -0.1) is 0 Å². The number of anilines is 2. The first-order chi connectivity index (χ1) is 23.4. The summed E-state index contributed by atoms with van der Waals surface area (Å²) in [6.07, 6.45) is 0.585. The highest BCUT2D eigenvalue weighted by Gasteiger charge is 2.16. The molecule has 0 saturated heterocycles. The zero-order valence-corrected chi connectivity index (χ0v) is 26.7. The number of hydrogen-bond acceptors (Lipinski definition) is 8. The fourth-order valence-corrected chi connectivity index (χ4v) is 4.58. The number of hydrogen-bond donors (Lipinski definition) is 4. The van der Waals surface area contributed by atoms with Gasteiger partial charge < -0.3 is 10.6 Å². The molecule has 14 nitrogen and oxygen atoms in total. The molecule has 0 unspecified atom stereocenters. The average Bonchev–Trinajstić information content (AvgIpc) is 3.61. The summed E-state index contributed by atoms with van der Waals surface area (Å²) in [7, 11) is 0. The Hall–Kier alpha value is -6.58. The van der Waals surface area contributed by atoms with Gasteiger partial charge in [-0.3, -0.25) is 29.1 Å². The van der Waals surface area contributed by atoms with Crippen LogP contribution in [0.1, 0.15) is 50.4 Å². The predicted molar refractivity (Wildman–Crippen MR) is 176 cm³/mol. The van der Waals surface area contributed by atoms with Crippen LogP contribution in [0.25, 0.3) is 11.9 Å². The standard InChI is InChI=1S/C17H16FN5O2.C16H14FN5O2/c1-3-13-9-15(24)21-17(19-13)23-14(7-10(2)22-23)20-16(25)11-5-4-6-12(18)8-11;1-9-7-14(23)20-16(18-9)22-13(6-10(2)21-22)19-15(24)11-4-3-5-12(17)8-11/h4-9H,3H2,1-2H3,(H,20,25)(H,19,21,24);3-8H,1-2H3,(H,19,24)(H,18,20,23). The molecule has 0 bridgehead atoms. The Kier molecular flexibility index (Phi) is 9.96. The maximum Gasteiger partial charge on any atom is 0.256 e. The van der Waals surface area contributed by atoms with Gasteiger partial charge in [0.05, 0.1) is 11.4 Å². The van der Waals surface area contributed by atoms with E-state index in [9.17, 15) is 28.0 Å². The summed E-state index contributed by atoms with van der Waals surface area (Å²) < 4.78 is 29.2. The lowest BCUT2D eigenvalue weighted by Crippen LogP contribution is -2.19. The number of carbonyl (C=O) groups excluding carboxylic acids is 2. The molecule has 0 atom stereocenters. The quantitative estimate of drug-likeness (QED) is 0.195. The van der Waals surface area contributed by atoms with Crippen molar-refractivity contribution in [2.45, 2.75) is 34.1 Å². The van der Waals surface area contributed by atoms with Crippen molar-refractivity contribution in [3.8, 4) is 11.9 Å². The van der Waals surface area contributed by atoms with E-state index in [2.05, 4.69) is 40.8 Å². The second-order valence-electron chi connectivity index (χ2n) is 10.7. The maximum atomic E-state index is 13.3. The Morgan fingerprint density at radius 1 is 0.673 bits per heavy atom. The van der Waals surface area contributed by atoms with Crippen LogP contribution in [0.2, 0.25) is 0 Å². The molecule has 4 heterocycles. The van der Waals surface area contributed by atoms with E-state index in [1.54, 1.807) is 32.9 Å². The van der Waals surface area contributed by atoms with Crippen LogP contribution in [0.15, 0.2) is 82.4 Å². The van der Waals surface area contributed by atoms with Crippen LogP contribution in [0.4, 0.5) is 20.4 Å². The summed E-state index contributed by atoms with van der Waals surface area (Å²) >= 11 is 0. The molecular formula is C33H30F2N10O4. The van der Waals surface area contributed by atoms with Gasteiger partial charge in [-0.2, -0.15) is 19.6 Å². The third-order valence-electron chi connectivity index (χ3n) is 6.72. The smallest absolute Gasteiger partial charge is 0.256 e. The molecule has 0 aliphatic rings. The number of carbonyl (C=O) groups is 2. The van der Waals surface area contributed by atoms with E-state index in [0.717, 1.165) is 12.1 Å². The van der Waals surface area contributed by atoms with Gasteiger partial charge in [-0.1, -0.05) is 19.1 Å². The number of aromatic nitrogens is 8. The molecule has 0 saturated carbocycles. The summed E-state index contributed by atoms with van der Waals surface area (Å²) in [5, 5.41) is 13.8. The number of aromatic amines is 2. The molecule has 0 spiro atoms. The lowest BCUT2D eigenvalue weighted by Gasteiger charge is -2.09. The third-order valence-corrected chi connectivity index (χ3v) is 6.72. The first-order valence-corrected chi connectivity index (χ1v) is 14.8. The Balaban J connectivity index is 0.000000191. The predicted octanol–water partition coefficient (Wildman–Crippen LogP) is 4.18. The first-order valence-electron chi connectivity index (χ1n) is 14.8. The van der Waals surface area contributed by atoms with Gasteiger partial charge in [0.1, 0.15) is 23.3 Å². The number of H-pyrrole nitrogens is 2. The van der Waals surface area contributed by atoms with Crippen molar-refractivity contribution in [1.82, 2.24) is 39.5 Å². The summed E-state index contributed by atoms with van der Waals surface area (Å²) in [6, 6.07) is 16.7. The number of nitrogens with zero attached hydrogens (tertiary/aromatic N) is 6. The van der Waals surface area contributed by atoms with Gasteiger partial charge in [0, 0.05) is 46.8 Å². The number of amides is 2. The van der Waals surface area contributed by atoms with Crippen molar-refractivity contribution in [3.63, 3.8) is 0 Å². The highest BCUT2D eigenvalue weighted by molar-refractivity contribution is 6.04. The Morgan fingerprint density at radius 2 is 1.14 bits per heavy atom. The highest BCUT2D eigenvalue weighted by Crippen LogP contribution is 2.17. The van der Waals surface area contributed by atoms with Crippen LogP contribution in [-0.2, 0) is 6.42 Å². The summed E-state index contributed by atoms with van der Waals surface area (Å²) in [6.45, 7) is 7.05. The largest absolute Gasteiger partial charge is 0.306 e. The highest BCUT2D eigenvalue weighted by atomic mass is 19.1. The Bertz CT molecular complexity index is 2290. The summed E-state index contributed by atoms with van der Waals surface area (Å²) in [5.74, 6) is -0.968. The molecule has 250 valence electrons. The topological polar surface area (TPSA) is 185 Å². The molecule has 6 rings (SSSR count). The molecule has 0 aliphatic heterocycles. The summed E-state index contributed by atoms with van der Waals surface area (Å²) in [5.41, 5.74) is 2.08. The van der Waals surface area contributed by atoms with Gasteiger partial charge in [-0.25, -0.2) is 18.7 Å². The molecule has 0 fully saturated rings. The molecule has 2 amide bonds. The summed E-state index contributed by atoms with van der Waals surface area (Å²) in [4.78, 5) is 61.7. The Labute approximate surface area is 276 Å². The van der Waals surface area contributed by atoms with Crippen LogP contribution in [-0.4, -0.2) is 51.3 Å². The second-order valence-corrected chi connectivity index (χ2v) is 10.7. The fraction of sp³-hybridized carbons (Fsp3) is 0.152. The molecular weight excluding hydrogens is 638 g/mol. The third kappa shape index (κ3) is 8.42. The monoisotopic (exact) mass is 668 g/mol. The molecule has 16 heteroatoms. The van der Waals surface area contributed by atoms with Crippen molar-refractivity contribution in [1.29, 1.82) is 0 Å². The number of aryl methyl sites for hydroxylation is 4. The number of rotatable bonds is 7. The molecule has 2 aromatic carbocycles. The Morgan fingerprint density at radius 3 is 1.59 bits per heavy atom. The van der Waals surface area contributed by atoms with Crippen molar-refractivity contribution in [2.75, 3.05) is 10.6 Å². The van der Waals surface area contributed by atoms with Gasteiger partial charge in [0.25, 0.3) is 22.9 Å². The van der Waals surface area contributed by atoms with Gasteiger partial charge in [0.2, 0.25) is 11.9 Å². The fourth-order valence-electron chi connectivity index (χ4n) is 4.58. The van der Waals surface area contributed by atoms with E-state index in [4.69, 9.17) is 0 Å². The molecule has 4 aromatic heterocycles. The number of benzene rings is 2. The van der Waals surface area contributed by atoms with Crippen LogP contribution < -0.4 is 21.8 Å². The van der Waals surface area contributed by atoms with Gasteiger partial charge >= 0.3 is 0 Å². The van der Waals surface area contributed by atoms with Crippen LogP contribution >= 0.6 is 0 Å². The minimum atomic E-state index is -0.503. The molecule has 0 aliphatic carbocycles. The van der Waals surface area contributed by atoms with Crippen molar-refractivity contribution < 1.29 is 18.4 Å². The lowest BCUT2D eigenvalue weighted by atomic mass is 10.2. The van der Waals surface area contributed by atoms with Crippen LogP contribution in [0.3, 0.4) is 0 Å². The van der Waals surface area contributed by atoms with Crippen molar-refractivity contribution >= 4 is 23.5 Å². The van der Waals surface area contributed by atoms with Gasteiger partial charge in [0.15, 0.2) is 0 Å². The first kappa shape index (κ1) is 33.8. The zero-order valence-electron chi connectivity index (χ0n) is 26.7. The zero-order chi connectivity index (χ0) is 35.2. The lowest BCUT2D eigenvalue weighted by molar-refractivity contribution is 0.101. The van der Waals surface area contributed by atoms with Gasteiger partial charge in [-0.05, 0) is 63.6 Å². The maximum absolute atomic E-state index is 13.3. The SMILES string of the molecule is CCc1cc(=O)[nH]c(-n2nc(C)cc2NC(=O)c2cccc(F)c2)n1.Cc1cc(=O)[nH]c(-n2nc(C)cc2NC(=O)c2cccc(F)c2)n1. The minimum absolute atomic E-state index is 0.172. The van der Waals surface area contributed by atoms with E-state index < -0.39 is 23.4 Å². The minimum Gasteiger partial charge on any atom is -0.306 e. The van der Waals surface area contributed by atoms with E-state index in [-0.39, 0.29) is 34.1 Å². The normalized spacial score (nSPS) is 10.7. The molecule has 0 radical (unpaired) electrons. The average molecular weight is 669 g/mol. The molecule has 4 N–H and O–H groups in total. The van der Waals surface area contributed by atoms with E-state index in [1.807, 2.05) is 6.92 Å². The van der Waals surface area contributed by atoms with Crippen LogP contribution in [0, 0.1) is 32.4 Å². The van der Waals surface area contributed by atoms with E-state index in [0.29, 0.717) is 40.8 Å². The van der Waals surface area contributed by atoms with Crippen molar-refractivity contribution in [2.24, 2.45) is 0 Å². The molecule has 6 aromatic rings. The van der Waals surface area contributed by atoms with E-state index in [1.165, 1.54) is 57.9 Å². The second kappa shape index (κ2) is 14.5. The number of halogens is 2. The van der Waals surface area contributed by atoms with Crippen LogP contribution in [0.5, 0.6) is 0 Å².